The fraction of sp³-hybridized carbons (Fsp3) is 0.348. The molecule has 0 amide bonds. The number of nitrogens with one attached hydrogen (secondary N) is 1. The number of benzene rings is 2. The second-order valence-corrected chi connectivity index (χ2v) is 8.07. The van der Waals surface area contributed by atoms with E-state index < -0.39 is 30.4 Å². The molecule has 40 heavy (non-hydrogen) atoms. The number of azo groups is 1. The van der Waals surface area contributed by atoms with E-state index in [4.69, 9.17) is 4.74 Å². The molecular formula is C23H20F7N7O3. The standard InChI is InChI=1S/C23H20F7N7O3/c24-18(25)22(26,27)39-16-5-1-3-14(11-16)13-31-36-20-33-19(34-21(35-20)37-7-9-38-10-8-37)32-15-4-2-6-17(12-15)40-23(28,29)30/h1-6,11-12,18H,7-10,13H2,(H,32,33,34,35). The lowest BCUT2D eigenvalue weighted by Crippen LogP contribution is -2.37. The molecular weight excluding hydrogens is 555 g/mol. The monoisotopic (exact) mass is 575 g/mol. The van der Waals surface area contributed by atoms with Crippen molar-refractivity contribution in [2.45, 2.75) is 25.4 Å². The van der Waals surface area contributed by atoms with Gasteiger partial charge in [0, 0.05) is 24.8 Å². The summed E-state index contributed by atoms with van der Waals surface area (Å²) in [6.45, 7) is 1.54. The molecule has 0 atom stereocenters. The Kier molecular flexibility index (Phi) is 8.81. The predicted octanol–water partition coefficient (Wildman–Crippen LogP) is 5.87. The summed E-state index contributed by atoms with van der Waals surface area (Å²) in [5.41, 5.74) is 0.495. The van der Waals surface area contributed by atoms with Crippen molar-refractivity contribution in [2.24, 2.45) is 10.2 Å². The van der Waals surface area contributed by atoms with E-state index in [9.17, 15) is 30.7 Å². The minimum atomic E-state index is -4.88. The average Bonchev–Trinajstić information content (AvgIpc) is 2.88. The zero-order valence-electron chi connectivity index (χ0n) is 20.3. The number of halogens is 7. The van der Waals surface area contributed by atoms with Crippen LogP contribution in [0.5, 0.6) is 11.5 Å². The maximum absolute atomic E-state index is 13.2. The first-order valence-electron chi connectivity index (χ1n) is 11.5. The Balaban J connectivity index is 1.53. The van der Waals surface area contributed by atoms with Crippen molar-refractivity contribution in [3.8, 4) is 11.5 Å². The van der Waals surface area contributed by atoms with E-state index in [2.05, 4.69) is 40.0 Å². The van der Waals surface area contributed by atoms with Crippen LogP contribution in [0.2, 0.25) is 0 Å². The Morgan fingerprint density at radius 3 is 2.33 bits per heavy atom. The van der Waals surface area contributed by atoms with Gasteiger partial charge in [0.15, 0.2) is 0 Å². The lowest BCUT2D eigenvalue weighted by Gasteiger charge is -2.26. The third kappa shape index (κ3) is 8.36. The van der Waals surface area contributed by atoms with Crippen molar-refractivity contribution in [1.29, 1.82) is 0 Å². The summed E-state index contributed by atoms with van der Waals surface area (Å²) < 4.78 is 102. The van der Waals surface area contributed by atoms with E-state index in [1.165, 1.54) is 24.3 Å². The molecule has 1 N–H and O–H groups in total. The van der Waals surface area contributed by atoms with Crippen LogP contribution < -0.4 is 19.7 Å². The Bertz CT molecular complexity index is 1320. The zero-order chi connectivity index (χ0) is 28.8. The molecule has 0 unspecified atom stereocenters. The molecule has 1 aliphatic heterocycles. The van der Waals surface area contributed by atoms with Crippen molar-refractivity contribution in [3.63, 3.8) is 0 Å². The molecule has 4 rings (SSSR count). The average molecular weight is 575 g/mol. The minimum absolute atomic E-state index is 0.0563. The predicted molar refractivity (Wildman–Crippen MR) is 126 cm³/mol. The van der Waals surface area contributed by atoms with Crippen LogP contribution in [0.4, 0.5) is 54.3 Å². The second kappa shape index (κ2) is 12.3. The van der Waals surface area contributed by atoms with Gasteiger partial charge in [-0.2, -0.15) is 37.6 Å². The summed E-state index contributed by atoms with van der Waals surface area (Å²) in [6, 6.07) is 10.0. The van der Waals surface area contributed by atoms with Crippen LogP contribution in [-0.2, 0) is 11.3 Å². The van der Waals surface area contributed by atoms with Gasteiger partial charge in [-0.05, 0) is 29.8 Å². The number of anilines is 3. The van der Waals surface area contributed by atoms with Gasteiger partial charge in [-0.3, -0.25) is 0 Å². The van der Waals surface area contributed by atoms with E-state index in [0.29, 0.717) is 31.9 Å². The summed E-state index contributed by atoms with van der Waals surface area (Å²) >= 11 is 0. The van der Waals surface area contributed by atoms with Gasteiger partial charge in [-0.15, -0.1) is 18.3 Å². The third-order valence-corrected chi connectivity index (χ3v) is 5.05. The summed E-state index contributed by atoms with van der Waals surface area (Å²) in [7, 11) is 0. The highest BCUT2D eigenvalue weighted by Crippen LogP contribution is 2.29. The van der Waals surface area contributed by atoms with Gasteiger partial charge >= 0.3 is 18.9 Å². The first kappa shape index (κ1) is 28.7. The summed E-state index contributed by atoms with van der Waals surface area (Å²) in [6.07, 6.45) is -13.6. The molecule has 0 spiro atoms. The van der Waals surface area contributed by atoms with Crippen molar-refractivity contribution in [1.82, 2.24) is 15.0 Å². The van der Waals surface area contributed by atoms with Gasteiger partial charge in [0.25, 0.3) is 5.95 Å². The number of hydrogen-bond acceptors (Lipinski definition) is 10. The van der Waals surface area contributed by atoms with Gasteiger partial charge in [-0.1, -0.05) is 18.2 Å². The maximum Gasteiger partial charge on any atom is 0.573 e. The number of nitrogens with zero attached hydrogens (tertiary/aromatic N) is 6. The zero-order valence-corrected chi connectivity index (χ0v) is 20.3. The van der Waals surface area contributed by atoms with Crippen LogP contribution in [0.15, 0.2) is 58.8 Å². The largest absolute Gasteiger partial charge is 0.573 e. The lowest BCUT2D eigenvalue weighted by atomic mass is 10.2. The highest BCUT2D eigenvalue weighted by Gasteiger charge is 2.44. The second-order valence-electron chi connectivity index (χ2n) is 8.07. The van der Waals surface area contributed by atoms with E-state index >= 15 is 0 Å². The number of morpholine rings is 1. The normalized spacial score (nSPS) is 14.6. The van der Waals surface area contributed by atoms with Crippen LogP contribution in [0.25, 0.3) is 0 Å². The van der Waals surface area contributed by atoms with Gasteiger partial charge in [-0.25, -0.2) is 0 Å². The van der Waals surface area contributed by atoms with Gasteiger partial charge in [0.05, 0.1) is 19.8 Å². The van der Waals surface area contributed by atoms with Gasteiger partial charge in [0.1, 0.15) is 11.5 Å². The molecule has 3 aromatic rings. The Hall–Kier alpha value is -4.28. The maximum atomic E-state index is 13.2. The molecule has 17 heteroatoms. The summed E-state index contributed by atoms with van der Waals surface area (Å²) in [5.74, 6) is -0.979. The molecule has 2 heterocycles. The Morgan fingerprint density at radius 2 is 1.62 bits per heavy atom. The van der Waals surface area contributed by atoms with Crippen LogP contribution >= 0.6 is 0 Å². The van der Waals surface area contributed by atoms with Crippen molar-refractivity contribution >= 4 is 23.5 Å². The molecule has 0 bridgehead atoms. The number of ether oxygens (including phenoxy) is 3. The van der Waals surface area contributed by atoms with Gasteiger partial charge < -0.3 is 24.4 Å². The molecule has 1 aromatic heterocycles. The van der Waals surface area contributed by atoms with E-state index in [-0.39, 0.29) is 30.1 Å². The topological polar surface area (TPSA) is 106 Å². The van der Waals surface area contributed by atoms with Crippen LogP contribution in [0.3, 0.4) is 0 Å². The van der Waals surface area contributed by atoms with Crippen LogP contribution in [-0.4, -0.2) is 60.2 Å². The van der Waals surface area contributed by atoms with Crippen molar-refractivity contribution < 1.29 is 44.9 Å². The summed E-state index contributed by atoms with van der Waals surface area (Å²) in [4.78, 5) is 14.5. The SMILES string of the molecule is FC(F)C(F)(F)Oc1cccc(CN=Nc2nc(Nc3cccc(OC(F)(F)F)c3)nc(N3CCOCC3)n2)c1. The molecule has 0 aliphatic carbocycles. The highest BCUT2D eigenvalue weighted by atomic mass is 19.4. The van der Waals surface area contributed by atoms with E-state index in [1.54, 1.807) is 4.90 Å². The van der Waals surface area contributed by atoms with E-state index in [1.807, 2.05) is 0 Å². The molecule has 2 aromatic carbocycles. The number of aromatic nitrogens is 3. The fourth-order valence-electron chi connectivity index (χ4n) is 3.35. The number of hydrogen-bond donors (Lipinski definition) is 1. The smallest absolute Gasteiger partial charge is 0.428 e. The Morgan fingerprint density at radius 1 is 0.925 bits per heavy atom. The molecule has 214 valence electrons. The van der Waals surface area contributed by atoms with Crippen LogP contribution in [0, 0.1) is 0 Å². The highest BCUT2D eigenvalue weighted by molar-refractivity contribution is 5.57. The molecule has 1 fully saturated rings. The first-order chi connectivity index (χ1) is 19.0. The van der Waals surface area contributed by atoms with Crippen molar-refractivity contribution in [2.75, 3.05) is 36.5 Å². The first-order valence-corrected chi connectivity index (χ1v) is 11.5. The molecule has 1 saturated heterocycles. The molecule has 1 aliphatic rings. The molecule has 0 radical (unpaired) electrons. The minimum Gasteiger partial charge on any atom is -0.428 e. The third-order valence-electron chi connectivity index (χ3n) is 5.05. The molecule has 0 saturated carbocycles. The summed E-state index contributed by atoms with van der Waals surface area (Å²) in [5, 5.41) is 10.7. The number of rotatable bonds is 10. The van der Waals surface area contributed by atoms with Gasteiger partial charge in [0.2, 0.25) is 11.9 Å². The molecule has 10 nitrogen and oxygen atoms in total. The Labute approximate surface area is 221 Å². The number of alkyl halides is 7. The van der Waals surface area contributed by atoms with E-state index in [0.717, 1.165) is 24.3 Å². The van der Waals surface area contributed by atoms with Crippen LogP contribution in [0.1, 0.15) is 5.56 Å². The quantitative estimate of drug-likeness (QED) is 0.236. The lowest BCUT2D eigenvalue weighted by molar-refractivity contribution is -0.274. The van der Waals surface area contributed by atoms with Crippen molar-refractivity contribution in [3.05, 3.63) is 54.1 Å². The fourth-order valence-corrected chi connectivity index (χ4v) is 3.35.